The molecule has 1 aromatic rings. The molecule has 126 valence electrons. The highest BCUT2D eigenvalue weighted by atomic mass is 16.7. The smallest absolute Gasteiger partial charge is 0.403 e. The Morgan fingerprint density at radius 3 is 2.17 bits per heavy atom. The van der Waals surface area contributed by atoms with Gasteiger partial charge in [-0.1, -0.05) is 30.3 Å². The van der Waals surface area contributed by atoms with Crippen molar-refractivity contribution in [2.24, 2.45) is 0 Å². The molecule has 0 N–H and O–H groups in total. The van der Waals surface area contributed by atoms with Crippen molar-refractivity contribution < 1.29 is 18.9 Å². The molecule has 1 aliphatic rings. The maximum Gasteiger partial charge on any atom is 0.466 e. The summed E-state index contributed by atoms with van der Waals surface area (Å²) in [7, 11) is 2.61. The first kappa shape index (κ1) is 18.0. The number of carbonyl (C=O) groups is 1. The van der Waals surface area contributed by atoms with Crippen molar-refractivity contribution in [3.05, 3.63) is 35.9 Å². The Balaban J connectivity index is 2.27. The van der Waals surface area contributed by atoms with Crippen LogP contribution >= 0.6 is 0 Å². The SMILES string of the molecule is CON(C)C(=O)CC(B1OC(C)(C)C(C)(C)O1)c1ccccc1. The van der Waals surface area contributed by atoms with E-state index in [0.717, 1.165) is 5.56 Å². The predicted molar refractivity (Wildman–Crippen MR) is 89.7 cm³/mol. The monoisotopic (exact) mass is 319 g/mol. The van der Waals surface area contributed by atoms with E-state index in [-0.39, 0.29) is 18.1 Å². The van der Waals surface area contributed by atoms with Gasteiger partial charge in [-0.05, 0) is 33.3 Å². The van der Waals surface area contributed by atoms with Crippen LogP contribution in [0.3, 0.4) is 0 Å². The normalized spacial score (nSPS) is 20.3. The second kappa shape index (κ2) is 6.63. The summed E-state index contributed by atoms with van der Waals surface area (Å²) in [5.41, 5.74) is 0.158. The lowest BCUT2D eigenvalue weighted by molar-refractivity contribution is -0.168. The largest absolute Gasteiger partial charge is 0.466 e. The Kier molecular flexibility index (Phi) is 5.18. The van der Waals surface area contributed by atoms with Crippen molar-refractivity contribution in [1.82, 2.24) is 5.06 Å². The van der Waals surface area contributed by atoms with Gasteiger partial charge in [0.05, 0.1) is 18.3 Å². The van der Waals surface area contributed by atoms with Crippen LogP contribution in [0.25, 0.3) is 0 Å². The molecular formula is C17H26BNO4. The van der Waals surface area contributed by atoms with Gasteiger partial charge in [-0.25, -0.2) is 5.06 Å². The van der Waals surface area contributed by atoms with Crippen LogP contribution in [0.5, 0.6) is 0 Å². The van der Waals surface area contributed by atoms with Gasteiger partial charge in [0.25, 0.3) is 0 Å². The van der Waals surface area contributed by atoms with Crippen molar-refractivity contribution in [1.29, 1.82) is 0 Å². The third-order valence-electron chi connectivity index (χ3n) is 4.85. The molecule has 0 radical (unpaired) electrons. The Labute approximate surface area is 139 Å². The van der Waals surface area contributed by atoms with Crippen molar-refractivity contribution in [2.75, 3.05) is 14.2 Å². The first-order chi connectivity index (χ1) is 10.7. The third kappa shape index (κ3) is 3.76. The van der Waals surface area contributed by atoms with E-state index in [4.69, 9.17) is 14.1 Å². The molecule has 1 atom stereocenters. The number of hydrogen-bond donors (Lipinski definition) is 0. The molecule has 0 saturated carbocycles. The van der Waals surface area contributed by atoms with Gasteiger partial charge in [0, 0.05) is 19.3 Å². The van der Waals surface area contributed by atoms with E-state index < -0.39 is 18.3 Å². The van der Waals surface area contributed by atoms with Crippen LogP contribution in [0, 0.1) is 0 Å². The number of benzene rings is 1. The van der Waals surface area contributed by atoms with Gasteiger partial charge in [-0.2, -0.15) is 0 Å². The van der Waals surface area contributed by atoms with Crippen molar-refractivity contribution in [2.45, 2.75) is 51.1 Å². The van der Waals surface area contributed by atoms with E-state index in [1.54, 1.807) is 7.05 Å². The summed E-state index contributed by atoms with van der Waals surface area (Å²) in [6.45, 7) is 8.05. The molecule has 0 spiro atoms. The third-order valence-corrected chi connectivity index (χ3v) is 4.85. The number of hydroxylamine groups is 2. The number of carbonyl (C=O) groups excluding carboxylic acids is 1. The number of hydrogen-bond acceptors (Lipinski definition) is 4. The lowest BCUT2D eigenvalue weighted by atomic mass is 9.66. The minimum absolute atomic E-state index is 0.115. The average molecular weight is 319 g/mol. The zero-order chi connectivity index (χ0) is 17.3. The fourth-order valence-electron chi connectivity index (χ4n) is 2.54. The molecule has 1 fully saturated rings. The molecule has 0 aliphatic carbocycles. The van der Waals surface area contributed by atoms with E-state index in [1.807, 2.05) is 58.0 Å². The summed E-state index contributed by atoms with van der Waals surface area (Å²) in [6.07, 6.45) is 0.255. The minimum atomic E-state index is -0.475. The predicted octanol–water partition coefficient (Wildman–Crippen LogP) is 2.81. The summed E-state index contributed by atoms with van der Waals surface area (Å²) in [6, 6.07) is 9.86. The highest BCUT2D eigenvalue weighted by Gasteiger charge is 2.54. The van der Waals surface area contributed by atoms with Gasteiger partial charge in [0.2, 0.25) is 5.91 Å². The van der Waals surface area contributed by atoms with Gasteiger partial charge >= 0.3 is 7.12 Å². The lowest BCUT2D eigenvalue weighted by Gasteiger charge is -2.32. The standard InChI is InChI=1S/C17H26BNO4/c1-16(2)17(3,4)23-18(22-16)14(12-15(20)19(5)21-6)13-10-8-7-9-11-13/h7-11,14H,12H2,1-6H3. The van der Waals surface area contributed by atoms with Gasteiger partial charge in [0.15, 0.2) is 0 Å². The van der Waals surface area contributed by atoms with Crippen LogP contribution < -0.4 is 0 Å². The maximum absolute atomic E-state index is 12.3. The van der Waals surface area contributed by atoms with Crippen LogP contribution in [0.1, 0.15) is 45.5 Å². The first-order valence-electron chi connectivity index (χ1n) is 7.89. The molecule has 1 heterocycles. The van der Waals surface area contributed by atoms with E-state index in [2.05, 4.69) is 0 Å². The molecule has 1 unspecified atom stereocenters. The molecular weight excluding hydrogens is 293 g/mol. The van der Waals surface area contributed by atoms with Crippen LogP contribution in [-0.2, 0) is 18.9 Å². The molecule has 23 heavy (non-hydrogen) atoms. The molecule has 5 nitrogen and oxygen atoms in total. The quantitative estimate of drug-likeness (QED) is 0.618. The summed E-state index contributed by atoms with van der Waals surface area (Å²) < 4.78 is 12.3. The van der Waals surface area contributed by atoms with Crippen molar-refractivity contribution in [3.8, 4) is 0 Å². The summed E-state index contributed by atoms with van der Waals surface area (Å²) in [4.78, 5) is 17.3. The van der Waals surface area contributed by atoms with E-state index in [9.17, 15) is 4.79 Å². The van der Waals surface area contributed by atoms with Crippen LogP contribution in [0.15, 0.2) is 30.3 Å². The van der Waals surface area contributed by atoms with Crippen molar-refractivity contribution in [3.63, 3.8) is 0 Å². The number of amides is 1. The molecule has 2 rings (SSSR count). The van der Waals surface area contributed by atoms with Gasteiger partial charge in [0.1, 0.15) is 0 Å². The van der Waals surface area contributed by atoms with E-state index in [1.165, 1.54) is 12.2 Å². The van der Waals surface area contributed by atoms with Gasteiger partial charge in [-0.15, -0.1) is 0 Å². The highest BCUT2D eigenvalue weighted by molar-refractivity contribution is 6.48. The topological polar surface area (TPSA) is 48.0 Å². The van der Waals surface area contributed by atoms with E-state index in [0.29, 0.717) is 0 Å². The minimum Gasteiger partial charge on any atom is -0.403 e. The number of nitrogens with zero attached hydrogens (tertiary/aromatic N) is 1. The van der Waals surface area contributed by atoms with Gasteiger partial charge < -0.3 is 9.31 Å². The van der Waals surface area contributed by atoms with Crippen LogP contribution in [-0.4, -0.2) is 43.4 Å². The fraction of sp³-hybridized carbons (Fsp3) is 0.588. The fourth-order valence-corrected chi connectivity index (χ4v) is 2.54. The first-order valence-corrected chi connectivity index (χ1v) is 7.89. The zero-order valence-electron chi connectivity index (χ0n) is 14.8. The summed E-state index contributed by atoms with van der Waals surface area (Å²) >= 11 is 0. The van der Waals surface area contributed by atoms with Crippen LogP contribution in [0.2, 0.25) is 0 Å². The Hall–Kier alpha value is -1.37. The molecule has 1 amide bonds. The molecule has 0 aromatic heterocycles. The maximum atomic E-state index is 12.3. The molecule has 1 saturated heterocycles. The molecule has 0 bridgehead atoms. The van der Waals surface area contributed by atoms with Gasteiger partial charge in [-0.3, -0.25) is 9.63 Å². The second-order valence-electron chi connectivity index (χ2n) is 6.92. The Bertz CT molecular complexity index is 531. The second-order valence-corrected chi connectivity index (χ2v) is 6.92. The van der Waals surface area contributed by atoms with Crippen molar-refractivity contribution >= 4 is 13.0 Å². The highest BCUT2D eigenvalue weighted by Crippen LogP contribution is 2.41. The zero-order valence-corrected chi connectivity index (χ0v) is 14.8. The van der Waals surface area contributed by atoms with E-state index >= 15 is 0 Å². The van der Waals surface area contributed by atoms with Crippen LogP contribution in [0.4, 0.5) is 0 Å². The average Bonchev–Trinajstić information content (AvgIpc) is 2.72. The lowest BCUT2D eigenvalue weighted by Crippen LogP contribution is -2.41. The molecule has 1 aromatic carbocycles. The molecule has 6 heteroatoms. The number of rotatable bonds is 5. The summed E-state index contributed by atoms with van der Waals surface area (Å²) in [5.74, 6) is -0.307. The Morgan fingerprint density at radius 2 is 1.70 bits per heavy atom. The summed E-state index contributed by atoms with van der Waals surface area (Å²) in [5, 5.41) is 1.24. The molecule has 1 aliphatic heterocycles. The Morgan fingerprint density at radius 1 is 1.17 bits per heavy atom.